The summed E-state index contributed by atoms with van der Waals surface area (Å²) in [5, 5.41) is -1.95. The van der Waals surface area contributed by atoms with E-state index in [9.17, 15) is 52.7 Å². The van der Waals surface area contributed by atoms with Gasteiger partial charge in [-0.2, -0.15) is 52.7 Å². The highest BCUT2D eigenvalue weighted by Crippen LogP contribution is 2.46. The molecular formula is C21H12F12N2S. The molecule has 2 nitrogen and oxygen atoms in total. The van der Waals surface area contributed by atoms with Crippen LogP contribution in [0.25, 0.3) is 0 Å². The molecule has 3 rings (SSSR count). The van der Waals surface area contributed by atoms with Crippen molar-refractivity contribution in [1.82, 2.24) is 9.55 Å². The number of benzene rings is 2. The lowest BCUT2D eigenvalue weighted by Crippen LogP contribution is -2.15. The molecule has 3 aromatic rings. The number of hydrogen-bond acceptors (Lipinski definition) is 2. The Morgan fingerprint density at radius 2 is 0.944 bits per heavy atom. The standard InChI is InChI=1S/C21H12F12N2S/c1-35-3-2-34-17(35)36-16(10-4-12(18(22,23)24)8-13(5-10)19(25,26)27)11-6-14(20(28,29)30)9-15(7-11)21(31,32)33/h2-9,16H,1H3. The smallest absolute Gasteiger partial charge is 0.329 e. The predicted octanol–water partition coefficient (Wildman–Crippen LogP) is 8.38. The molecule has 0 saturated heterocycles. The third-order valence-corrected chi connectivity index (χ3v) is 6.21. The van der Waals surface area contributed by atoms with E-state index in [-0.39, 0.29) is 41.6 Å². The van der Waals surface area contributed by atoms with Gasteiger partial charge in [0.25, 0.3) is 0 Å². The summed E-state index contributed by atoms with van der Waals surface area (Å²) in [6.07, 6.45) is -18.7. The van der Waals surface area contributed by atoms with E-state index in [4.69, 9.17) is 0 Å². The van der Waals surface area contributed by atoms with Crippen LogP contribution in [0.1, 0.15) is 38.6 Å². The molecule has 0 amide bonds. The summed E-state index contributed by atoms with van der Waals surface area (Å²) in [6, 6.07) is 0.623. The number of nitrogens with zero attached hydrogens (tertiary/aromatic N) is 2. The summed E-state index contributed by atoms with van der Waals surface area (Å²) in [7, 11) is 1.37. The van der Waals surface area contributed by atoms with Gasteiger partial charge >= 0.3 is 24.7 Å². The van der Waals surface area contributed by atoms with E-state index >= 15 is 0 Å². The predicted molar refractivity (Wildman–Crippen MR) is 104 cm³/mol. The van der Waals surface area contributed by atoms with Gasteiger partial charge in [0.2, 0.25) is 0 Å². The average molecular weight is 552 g/mol. The molecule has 1 aromatic heterocycles. The molecule has 196 valence electrons. The van der Waals surface area contributed by atoms with Gasteiger partial charge in [0.15, 0.2) is 5.16 Å². The summed E-state index contributed by atoms with van der Waals surface area (Å²) < 4.78 is 162. The monoisotopic (exact) mass is 552 g/mol. The molecule has 0 radical (unpaired) electrons. The van der Waals surface area contributed by atoms with Crippen LogP contribution < -0.4 is 0 Å². The van der Waals surface area contributed by atoms with Crippen LogP contribution >= 0.6 is 11.8 Å². The lowest BCUT2D eigenvalue weighted by molar-refractivity contribution is -0.144. The molecule has 0 fully saturated rings. The van der Waals surface area contributed by atoms with Gasteiger partial charge in [-0.15, -0.1) is 0 Å². The van der Waals surface area contributed by atoms with E-state index in [0.717, 1.165) is 0 Å². The molecule has 0 unspecified atom stereocenters. The molecule has 0 aliphatic rings. The molecule has 2 aromatic carbocycles. The van der Waals surface area contributed by atoms with Gasteiger partial charge in [-0.3, -0.25) is 0 Å². The Kier molecular flexibility index (Phi) is 7.11. The molecule has 0 aliphatic carbocycles. The third-order valence-electron chi connectivity index (χ3n) is 4.83. The largest absolute Gasteiger partial charge is 0.416 e. The second kappa shape index (κ2) is 9.23. The van der Waals surface area contributed by atoms with Gasteiger partial charge in [0, 0.05) is 19.4 Å². The first-order valence-corrected chi connectivity index (χ1v) is 10.4. The summed E-state index contributed by atoms with van der Waals surface area (Å²) in [6.45, 7) is 0. The van der Waals surface area contributed by atoms with Crippen LogP contribution in [-0.2, 0) is 31.8 Å². The first kappa shape index (κ1) is 27.7. The maximum Gasteiger partial charge on any atom is 0.416 e. The number of halogens is 12. The van der Waals surface area contributed by atoms with Crippen LogP contribution in [0.15, 0.2) is 53.9 Å². The van der Waals surface area contributed by atoms with Crippen molar-refractivity contribution in [2.45, 2.75) is 35.1 Å². The van der Waals surface area contributed by atoms with E-state index in [1.165, 1.54) is 24.0 Å². The van der Waals surface area contributed by atoms with E-state index in [0.29, 0.717) is 11.8 Å². The minimum atomic E-state index is -5.29. The quantitative estimate of drug-likeness (QED) is 0.239. The number of rotatable bonds is 4. The molecular weight excluding hydrogens is 540 g/mol. The Morgan fingerprint density at radius 1 is 0.611 bits per heavy atom. The third kappa shape index (κ3) is 6.28. The first-order valence-electron chi connectivity index (χ1n) is 9.49. The van der Waals surface area contributed by atoms with Gasteiger partial charge in [0.1, 0.15) is 0 Å². The van der Waals surface area contributed by atoms with Gasteiger partial charge in [-0.25, -0.2) is 4.98 Å². The molecule has 1 heterocycles. The van der Waals surface area contributed by atoms with Crippen LogP contribution in [0.4, 0.5) is 52.7 Å². The van der Waals surface area contributed by atoms with Crippen LogP contribution in [0.3, 0.4) is 0 Å². The summed E-state index contributed by atoms with van der Waals surface area (Å²) in [5.74, 6) is 0. The fourth-order valence-electron chi connectivity index (χ4n) is 3.16. The zero-order chi connectivity index (χ0) is 27.3. The van der Waals surface area contributed by atoms with Crippen molar-refractivity contribution in [1.29, 1.82) is 0 Å². The zero-order valence-electron chi connectivity index (χ0n) is 17.5. The molecule has 0 spiro atoms. The molecule has 0 aliphatic heterocycles. The van der Waals surface area contributed by atoms with Crippen molar-refractivity contribution < 1.29 is 52.7 Å². The number of alkyl halides is 12. The van der Waals surface area contributed by atoms with Crippen molar-refractivity contribution in [2.24, 2.45) is 7.05 Å². The van der Waals surface area contributed by atoms with Crippen LogP contribution in [0.5, 0.6) is 0 Å². The Morgan fingerprint density at radius 3 is 1.19 bits per heavy atom. The Hall–Kier alpha value is -2.84. The van der Waals surface area contributed by atoms with Gasteiger partial charge in [-0.1, -0.05) is 11.8 Å². The van der Waals surface area contributed by atoms with E-state index in [1.54, 1.807) is 0 Å². The van der Waals surface area contributed by atoms with Crippen LogP contribution in [0.2, 0.25) is 0 Å². The Balaban J connectivity index is 2.35. The molecule has 15 heteroatoms. The van der Waals surface area contributed by atoms with Gasteiger partial charge in [0.05, 0.1) is 27.5 Å². The van der Waals surface area contributed by atoms with E-state index in [1.807, 2.05) is 0 Å². The maximum absolute atomic E-state index is 13.4. The number of imidazole rings is 1. The van der Waals surface area contributed by atoms with Crippen LogP contribution in [-0.4, -0.2) is 9.55 Å². The lowest BCUT2D eigenvalue weighted by atomic mass is 9.95. The van der Waals surface area contributed by atoms with Gasteiger partial charge < -0.3 is 4.57 Å². The zero-order valence-corrected chi connectivity index (χ0v) is 18.4. The number of aromatic nitrogens is 2. The fraction of sp³-hybridized carbons (Fsp3) is 0.286. The summed E-state index contributed by atoms with van der Waals surface area (Å²) in [5.41, 5.74) is -8.75. The normalized spacial score (nSPS) is 13.5. The minimum absolute atomic E-state index is 0.0862. The van der Waals surface area contributed by atoms with Crippen molar-refractivity contribution >= 4 is 11.8 Å². The highest BCUT2D eigenvalue weighted by Gasteiger charge is 2.40. The van der Waals surface area contributed by atoms with Crippen molar-refractivity contribution in [3.63, 3.8) is 0 Å². The first-order chi connectivity index (χ1) is 16.3. The maximum atomic E-state index is 13.4. The SMILES string of the molecule is Cn1ccnc1SC(c1cc(C(F)(F)F)cc(C(F)(F)F)c1)c1cc(C(F)(F)F)cc(C(F)(F)F)c1. The van der Waals surface area contributed by atoms with Crippen molar-refractivity contribution in [3.05, 3.63) is 82.2 Å². The minimum Gasteiger partial charge on any atom is -0.329 e. The Labute approximate surface area is 198 Å². The average Bonchev–Trinajstić information content (AvgIpc) is 3.13. The molecule has 0 saturated carbocycles. The highest BCUT2D eigenvalue weighted by molar-refractivity contribution is 7.99. The summed E-state index contributed by atoms with van der Waals surface area (Å²) in [4.78, 5) is 3.83. The molecule has 0 N–H and O–H groups in total. The number of thioether (sulfide) groups is 1. The van der Waals surface area contributed by atoms with Gasteiger partial charge in [-0.05, 0) is 47.5 Å². The van der Waals surface area contributed by atoms with Crippen molar-refractivity contribution in [2.75, 3.05) is 0 Å². The number of aryl methyl sites for hydroxylation is 1. The molecule has 0 bridgehead atoms. The van der Waals surface area contributed by atoms with E-state index in [2.05, 4.69) is 4.98 Å². The topological polar surface area (TPSA) is 17.8 Å². The highest BCUT2D eigenvalue weighted by atomic mass is 32.2. The lowest BCUT2D eigenvalue weighted by Gasteiger charge is -2.23. The second-order valence-electron chi connectivity index (χ2n) is 7.50. The van der Waals surface area contributed by atoms with E-state index < -0.39 is 63.3 Å². The van der Waals surface area contributed by atoms with Crippen LogP contribution in [0, 0.1) is 0 Å². The molecule has 36 heavy (non-hydrogen) atoms. The summed E-state index contributed by atoms with van der Waals surface area (Å²) >= 11 is 0.388. The number of hydrogen-bond donors (Lipinski definition) is 0. The fourth-order valence-corrected chi connectivity index (χ4v) is 4.26. The molecule has 0 atom stereocenters. The Bertz CT molecular complexity index is 1100. The van der Waals surface area contributed by atoms with Crippen molar-refractivity contribution in [3.8, 4) is 0 Å². The second-order valence-corrected chi connectivity index (χ2v) is 8.57.